The molecule has 0 heterocycles. The zero-order valence-electron chi connectivity index (χ0n) is 11.8. The molecule has 116 valence electrons. The van der Waals surface area contributed by atoms with E-state index in [-0.39, 0.29) is 5.91 Å². The molecule has 0 saturated heterocycles. The number of amides is 1. The summed E-state index contributed by atoms with van der Waals surface area (Å²) in [5.41, 5.74) is 1.44. The summed E-state index contributed by atoms with van der Waals surface area (Å²) in [5, 5.41) is 4.10. The Hall–Kier alpha value is -1.42. The highest BCUT2D eigenvalue weighted by atomic mass is 35.5. The van der Waals surface area contributed by atoms with Crippen LogP contribution in [0.15, 0.2) is 36.4 Å². The van der Waals surface area contributed by atoms with Crippen molar-refractivity contribution < 1.29 is 9.53 Å². The normalized spacial score (nSPS) is 10.4. The van der Waals surface area contributed by atoms with Crippen LogP contribution in [-0.2, 0) is 6.42 Å². The van der Waals surface area contributed by atoms with Gasteiger partial charge in [-0.1, -0.05) is 46.9 Å². The van der Waals surface area contributed by atoms with Crippen LogP contribution in [-0.4, -0.2) is 19.6 Å². The molecular formula is C16H14Cl3NO2. The number of hydrogen-bond donors (Lipinski definition) is 1. The SMILES string of the molecule is COc1c(Cl)cc(C(=O)NCCc2cccc(Cl)c2)cc1Cl. The topological polar surface area (TPSA) is 38.3 Å². The van der Waals surface area contributed by atoms with E-state index in [2.05, 4.69) is 5.32 Å². The zero-order chi connectivity index (χ0) is 16.1. The molecule has 0 aromatic heterocycles. The van der Waals surface area contributed by atoms with Gasteiger partial charge < -0.3 is 10.1 Å². The van der Waals surface area contributed by atoms with Crippen LogP contribution in [0.4, 0.5) is 0 Å². The van der Waals surface area contributed by atoms with Gasteiger partial charge in [0, 0.05) is 17.1 Å². The maximum Gasteiger partial charge on any atom is 0.251 e. The van der Waals surface area contributed by atoms with Crippen LogP contribution in [0.1, 0.15) is 15.9 Å². The lowest BCUT2D eigenvalue weighted by Crippen LogP contribution is -2.25. The van der Waals surface area contributed by atoms with Crippen molar-refractivity contribution in [3.63, 3.8) is 0 Å². The molecule has 0 fully saturated rings. The van der Waals surface area contributed by atoms with E-state index >= 15 is 0 Å². The van der Waals surface area contributed by atoms with Crippen LogP contribution < -0.4 is 10.1 Å². The fraction of sp³-hybridized carbons (Fsp3) is 0.188. The molecule has 0 aliphatic rings. The summed E-state index contributed by atoms with van der Waals surface area (Å²) < 4.78 is 5.05. The lowest BCUT2D eigenvalue weighted by atomic mass is 10.1. The first-order chi connectivity index (χ1) is 10.5. The van der Waals surface area contributed by atoms with Crippen LogP contribution in [0, 0.1) is 0 Å². The van der Waals surface area contributed by atoms with Crippen molar-refractivity contribution >= 4 is 40.7 Å². The van der Waals surface area contributed by atoms with Crippen molar-refractivity contribution in [1.82, 2.24) is 5.32 Å². The molecule has 0 radical (unpaired) electrons. The summed E-state index contributed by atoms with van der Waals surface area (Å²) in [6.45, 7) is 0.487. The molecule has 1 N–H and O–H groups in total. The lowest BCUT2D eigenvalue weighted by Gasteiger charge is -2.09. The first-order valence-electron chi connectivity index (χ1n) is 6.57. The average molecular weight is 359 g/mol. The van der Waals surface area contributed by atoms with Gasteiger partial charge in [-0.05, 0) is 36.2 Å². The third-order valence-corrected chi connectivity index (χ3v) is 3.85. The molecule has 6 heteroatoms. The van der Waals surface area contributed by atoms with Crippen LogP contribution >= 0.6 is 34.8 Å². The number of halogens is 3. The predicted molar refractivity (Wildman–Crippen MR) is 90.5 cm³/mol. The molecule has 0 atom stereocenters. The van der Waals surface area contributed by atoms with Gasteiger partial charge in [0.25, 0.3) is 5.91 Å². The Morgan fingerprint density at radius 2 is 1.82 bits per heavy atom. The molecule has 0 spiro atoms. The Morgan fingerprint density at radius 3 is 2.41 bits per heavy atom. The van der Waals surface area contributed by atoms with E-state index in [0.717, 1.165) is 5.56 Å². The number of benzene rings is 2. The standard InChI is InChI=1S/C16H14Cl3NO2/c1-22-15-13(18)8-11(9-14(15)19)16(21)20-6-5-10-3-2-4-12(17)7-10/h2-4,7-9H,5-6H2,1H3,(H,20,21). The van der Waals surface area contributed by atoms with E-state index < -0.39 is 0 Å². The smallest absolute Gasteiger partial charge is 0.251 e. The van der Waals surface area contributed by atoms with Crippen molar-refractivity contribution in [1.29, 1.82) is 0 Å². The number of nitrogens with one attached hydrogen (secondary N) is 1. The molecular weight excluding hydrogens is 345 g/mol. The summed E-state index contributed by atoms with van der Waals surface area (Å²) in [6, 6.07) is 10.6. The van der Waals surface area contributed by atoms with Gasteiger partial charge in [-0.3, -0.25) is 4.79 Å². The van der Waals surface area contributed by atoms with Crippen molar-refractivity contribution in [3.05, 3.63) is 62.6 Å². The molecule has 2 aromatic carbocycles. The second-order valence-electron chi connectivity index (χ2n) is 4.61. The van der Waals surface area contributed by atoms with Gasteiger partial charge in [0.15, 0.2) is 5.75 Å². The number of carbonyl (C=O) groups excluding carboxylic acids is 1. The van der Waals surface area contributed by atoms with Gasteiger partial charge in [0.2, 0.25) is 0 Å². The maximum absolute atomic E-state index is 12.1. The summed E-state index contributed by atoms with van der Waals surface area (Å²) >= 11 is 18.0. The maximum atomic E-state index is 12.1. The minimum atomic E-state index is -0.242. The van der Waals surface area contributed by atoms with Crippen LogP contribution in [0.2, 0.25) is 15.1 Å². The Balaban J connectivity index is 1.98. The van der Waals surface area contributed by atoms with Crippen molar-refractivity contribution in [3.8, 4) is 5.75 Å². The highest BCUT2D eigenvalue weighted by molar-refractivity contribution is 6.37. The molecule has 3 nitrogen and oxygen atoms in total. The average Bonchev–Trinajstić information content (AvgIpc) is 2.47. The molecule has 0 bridgehead atoms. The molecule has 2 aromatic rings. The number of hydrogen-bond acceptors (Lipinski definition) is 2. The number of carbonyl (C=O) groups is 1. The third kappa shape index (κ3) is 4.29. The molecule has 22 heavy (non-hydrogen) atoms. The van der Waals surface area contributed by atoms with E-state index in [1.165, 1.54) is 19.2 Å². The molecule has 0 saturated carbocycles. The third-order valence-electron chi connectivity index (χ3n) is 3.05. The molecule has 1 amide bonds. The Labute approximate surface area is 144 Å². The number of methoxy groups -OCH3 is 1. The Bertz CT molecular complexity index is 666. The highest BCUT2D eigenvalue weighted by Gasteiger charge is 2.13. The Kier molecular flexibility index (Phi) is 5.95. The fourth-order valence-corrected chi connectivity index (χ4v) is 2.86. The first-order valence-corrected chi connectivity index (χ1v) is 7.70. The summed E-state index contributed by atoms with van der Waals surface area (Å²) in [7, 11) is 1.47. The van der Waals surface area contributed by atoms with E-state index in [1.54, 1.807) is 0 Å². The zero-order valence-corrected chi connectivity index (χ0v) is 14.1. The lowest BCUT2D eigenvalue weighted by molar-refractivity contribution is 0.0954. The van der Waals surface area contributed by atoms with Gasteiger partial charge >= 0.3 is 0 Å². The van der Waals surface area contributed by atoms with Gasteiger partial charge in [-0.25, -0.2) is 0 Å². The summed E-state index contributed by atoms with van der Waals surface area (Å²) in [5.74, 6) is 0.118. The van der Waals surface area contributed by atoms with Gasteiger partial charge in [0.05, 0.1) is 17.2 Å². The van der Waals surface area contributed by atoms with Gasteiger partial charge in [-0.2, -0.15) is 0 Å². The van der Waals surface area contributed by atoms with Crippen molar-refractivity contribution in [2.45, 2.75) is 6.42 Å². The molecule has 2 rings (SSSR count). The minimum absolute atomic E-state index is 0.242. The quantitative estimate of drug-likeness (QED) is 0.846. The van der Waals surface area contributed by atoms with Crippen molar-refractivity contribution in [2.24, 2.45) is 0 Å². The van der Waals surface area contributed by atoms with Crippen LogP contribution in [0.5, 0.6) is 5.75 Å². The highest BCUT2D eigenvalue weighted by Crippen LogP contribution is 2.33. The second-order valence-corrected chi connectivity index (χ2v) is 5.86. The van der Waals surface area contributed by atoms with E-state index in [1.807, 2.05) is 24.3 Å². The molecule has 0 aliphatic carbocycles. The summed E-state index contributed by atoms with van der Waals surface area (Å²) in [6.07, 6.45) is 0.684. The fourth-order valence-electron chi connectivity index (χ4n) is 2.00. The van der Waals surface area contributed by atoms with Crippen LogP contribution in [0.25, 0.3) is 0 Å². The second kappa shape index (κ2) is 7.73. The van der Waals surface area contributed by atoms with Gasteiger partial charge in [-0.15, -0.1) is 0 Å². The van der Waals surface area contributed by atoms with Gasteiger partial charge in [0.1, 0.15) is 0 Å². The predicted octanol–water partition coefficient (Wildman–Crippen LogP) is 4.63. The molecule has 0 unspecified atom stereocenters. The van der Waals surface area contributed by atoms with E-state index in [4.69, 9.17) is 39.5 Å². The monoisotopic (exact) mass is 357 g/mol. The number of rotatable bonds is 5. The minimum Gasteiger partial charge on any atom is -0.494 e. The van der Waals surface area contributed by atoms with Crippen LogP contribution in [0.3, 0.4) is 0 Å². The Morgan fingerprint density at radius 1 is 1.14 bits per heavy atom. The first kappa shape index (κ1) is 16.9. The van der Waals surface area contributed by atoms with E-state index in [0.29, 0.717) is 39.3 Å². The van der Waals surface area contributed by atoms with Crippen molar-refractivity contribution in [2.75, 3.05) is 13.7 Å². The van der Waals surface area contributed by atoms with E-state index in [9.17, 15) is 4.79 Å². The largest absolute Gasteiger partial charge is 0.494 e. The number of ether oxygens (including phenoxy) is 1. The molecule has 0 aliphatic heterocycles. The summed E-state index contributed by atoms with van der Waals surface area (Å²) in [4.78, 5) is 12.1.